The van der Waals surface area contributed by atoms with E-state index in [1.807, 2.05) is 0 Å². The number of thioether (sulfide) groups is 1. The number of aliphatic hydroxyl groups excluding tert-OH is 1. The highest BCUT2D eigenvalue weighted by atomic mass is 32.2. The smallest absolute Gasteiger partial charge is 0.453 e. The van der Waals surface area contributed by atoms with E-state index in [2.05, 4.69) is 25.1 Å². The molecule has 53 heavy (non-hydrogen) atoms. The Morgan fingerprint density at radius 1 is 0.792 bits per heavy atom. The molecule has 1 N–H and O–H groups in total. The fourth-order valence-corrected chi connectivity index (χ4v) is 11.4. The van der Waals surface area contributed by atoms with E-state index in [-0.39, 0.29) is 36.4 Å². The molecule has 2 heterocycles. The van der Waals surface area contributed by atoms with Crippen LogP contribution in [0.4, 0.5) is 22.0 Å². The summed E-state index contributed by atoms with van der Waals surface area (Å²) in [5.74, 6) is -1.19. The molecule has 2 saturated heterocycles. The van der Waals surface area contributed by atoms with Crippen LogP contribution < -0.4 is 4.74 Å². The molecule has 1 aromatic carbocycles. The molecular weight excluding hydrogens is 712 g/mol. The van der Waals surface area contributed by atoms with Gasteiger partial charge >= 0.3 is 12.1 Å². The van der Waals surface area contributed by atoms with E-state index in [1.54, 1.807) is 0 Å². The number of halogens is 5. The number of rotatable bonds is 18. The van der Waals surface area contributed by atoms with Gasteiger partial charge in [-0.1, -0.05) is 51.5 Å². The average molecular weight is 775 g/mol. The molecule has 2 saturated carbocycles. The number of hydrogen-bond donors (Lipinski definition) is 1. The highest BCUT2D eigenvalue weighted by Crippen LogP contribution is 2.65. The normalized spacial score (nSPS) is 33.3. The van der Waals surface area contributed by atoms with E-state index in [0.29, 0.717) is 23.5 Å². The largest absolute Gasteiger partial charge is 0.465 e. The van der Waals surface area contributed by atoms with Crippen LogP contribution in [-0.4, -0.2) is 60.6 Å². The third-order valence-electron chi connectivity index (χ3n) is 13.3. The van der Waals surface area contributed by atoms with Crippen LogP contribution in [0.2, 0.25) is 0 Å². The molecule has 0 amide bonds. The van der Waals surface area contributed by atoms with Gasteiger partial charge in [-0.15, -0.1) is 0 Å². The lowest BCUT2D eigenvalue weighted by molar-refractivity contribution is -0.284. The SMILES string of the molecule is C[C@]12CC[C@@H]3c4ccc(O[C@@H]5CCCCO5)cc4[C@H](O)[C@@H](CCCCCCCCCSCCCC(F)(F)C(F)(F)F)[C@H]3[C@@H]1CC[C@@H]2O[C@@H]1CCCCO1. The van der Waals surface area contributed by atoms with Crippen molar-refractivity contribution in [2.45, 2.75) is 178 Å². The Hall–Kier alpha value is -1.14. The Balaban J connectivity index is 1.01. The molecule has 5 aliphatic rings. The van der Waals surface area contributed by atoms with Crippen molar-refractivity contribution in [1.29, 1.82) is 0 Å². The van der Waals surface area contributed by atoms with Gasteiger partial charge in [-0.25, -0.2) is 0 Å². The highest BCUT2D eigenvalue weighted by molar-refractivity contribution is 7.99. The predicted octanol–water partition coefficient (Wildman–Crippen LogP) is 11.9. The summed E-state index contributed by atoms with van der Waals surface area (Å²) in [4.78, 5) is 0. The molecule has 9 atom stereocenters. The second kappa shape index (κ2) is 18.9. The first-order valence-corrected chi connectivity index (χ1v) is 22.0. The third kappa shape index (κ3) is 10.2. The third-order valence-corrected chi connectivity index (χ3v) is 14.5. The summed E-state index contributed by atoms with van der Waals surface area (Å²) in [7, 11) is 0. The minimum absolute atomic E-state index is 0.0747. The first-order valence-electron chi connectivity index (χ1n) is 20.9. The van der Waals surface area contributed by atoms with Crippen LogP contribution in [0.3, 0.4) is 0 Å². The maximum atomic E-state index is 13.1. The van der Waals surface area contributed by atoms with Crippen molar-refractivity contribution >= 4 is 11.8 Å². The predicted molar refractivity (Wildman–Crippen MR) is 198 cm³/mol. The van der Waals surface area contributed by atoms with Crippen LogP contribution >= 0.6 is 11.8 Å². The van der Waals surface area contributed by atoms with Gasteiger partial charge in [0.1, 0.15) is 5.75 Å². The zero-order valence-corrected chi connectivity index (χ0v) is 32.5. The van der Waals surface area contributed by atoms with Crippen molar-refractivity contribution in [3.05, 3.63) is 29.3 Å². The molecule has 5 nitrogen and oxygen atoms in total. The van der Waals surface area contributed by atoms with Crippen LogP contribution in [0.5, 0.6) is 5.75 Å². The maximum absolute atomic E-state index is 13.1. The van der Waals surface area contributed by atoms with E-state index in [4.69, 9.17) is 18.9 Å². The number of aliphatic hydroxyl groups is 1. The minimum Gasteiger partial charge on any atom is -0.465 e. The summed E-state index contributed by atoms with van der Waals surface area (Å²) in [6, 6.07) is 6.43. The summed E-state index contributed by atoms with van der Waals surface area (Å²) in [6.45, 7) is 3.97. The molecule has 0 spiro atoms. The molecule has 0 bridgehead atoms. The van der Waals surface area contributed by atoms with Crippen molar-refractivity contribution in [2.75, 3.05) is 24.7 Å². The van der Waals surface area contributed by atoms with Gasteiger partial charge in [-0.3, -0.25) is 0 Å². The molecule has 3 aliphatic carbocycles. The molecule has 11 heteroatoms. The fraction of sp³-hybridized carbons (Fsp3) is 0.857. The lowest BCUT2D eigenvalue weighted by atomic mass is 9.51. The van der Waals surface area contributed by atoms with Crippen molar-refractivity contribution in [1.82, 2.24) is 0 Å². The standard InChI is InChI=1S/C42H63F5O5S/c1-40-23-21-31-30-18-17-29(51-36-15-8-10-24-49-36)28-33(30)39(48)32(38(31)34(40)19-20-35(40)52-37-16-9-11-25-50-37)14-7-5-3-2-4-6-12-26-53-27-13-22-41(43,44)42(45,46)47/h17-18,28,31-32,34-39,48H,2-16,19-27H2,1H3/t31-,32+,34+,35+,36-,37-,38+,39-,40+/m1/s1. The zero-order chi connectivity index (χ0) is 37.5. The van der Waals surface area contributed by atoms with Crippen LogP contribution in [0, 0.1) is 23.2 Å². The summed E-state index contributed by atoms with van der Waals surface area (Å²) in [5.41, 5.74) is 2.42. The summed E-state index contributed by atoms with van der Waals surface area (Å²) >= 11 is 1.47. The number of fused-ring (bicyclic) bond motifs is 5. The molecule has 0 radical (unpaired) electrons. The van der Waals surface area contributed by atoms with Crippen molar-refractivity contribution in [3.63, 3.8) is 0 Å². The Morgan fingerprint density at radius 3 is 2.17 bits per heavy atom. The molecule has 302 valence electrons. The summed E-state index contributed by atoms with van der Waals surface area (Å²) in [6.07, 6.45) is 11.9. The number of unbranched alkanes of at least 4 members (excludes halogenated alkanes) is 6. The first-order chi connectivity index (χ1) is 25.5. The Kier molecular flexibility index (Phi) is 14.8. The van der Waals surface area contributed by atoms with E-state index in [0.717, 1.165) is 146 Å². The van der Waals surface area contributed by atoms with Gasteiger partial charge in [0.2, 0.25) is 0 Å². The van der Waals surface area contributed by atoms with Crippen LogP contribution in [0.1, 0.15) is 158 Å². The van der Waals surface area contributed by atoms with E-state index in [9.17, 15) is 27.1 Å². The van der Waals surface area contributed by atoms with Gasteiger partial charge in [-0.2, -0.15) is 33.7 Å². The van der Waals surface area contributed by atoms with E-state index >= 15 is 0 Å². The van der Waals surface area contributed by atoms with Crippen molar-refractivity contribution < 1.29 is 46.0 Å². The number of ether oxygens (including phenoxy) is 4. The minimum atomic E-state index is -5.46. The van der Waals surface area contributed by atoms with E-state index < -0.39 is 24.6 Å². The lowest BCUT2D eigenvalue weighted by Gasteiger charge is -2.55. The van der Waals surface area contributed by atoms with Crippen LogP contribution in [0.25, 0.3) is 0 Å². The molecule has 1 aromatic rings. The molecule has 6 rings (SSSR count). The van der Waals surface area contributed by atoms with Crippen molar-refractivity contribution in [2.24, 2.45) is 23.2 Å². The molecule has 2 aliphatic heterocycles. The Labute approximate surface area is 318 Å². The Bertz CT molecular complexity index is 1270. The molecule has 0 aromatic heterocycles. The van der Waals surface area contributed by atoms with Gasteiger partial charge in [0.15, 0.2) is 12.6 Å². The monoisotopic (exact) mass is 774 g/mol. The van der Waals surface area contributed by atoms with Gasteiger partial charge in [0.25, 0.3) is 0 Å². The lowest BCUT2D eigenvalue weighted by Crippen LogP contribution is -2.49. The van der Waals surface area contributed by atoms with Crippen LogP contribution in [0.15, 0.2) is 18.2 Å². The summed E-state index contributed by atoms with van der Waals surface area (Å²) in [5, 5.41) is 12.2. The van der Waals surface area contributed by atoms with Crippen LogP contribution in [-0.2, 0) is 14.2 Å². The number of benzene rings is 1. The highest BCUT2D eigenvalue weighted by Gasteiger charge is 2.59. The first kappa shape index (κ1) is 41.5. The summed E-state index contributed by atoms with van der Waals surface area (Å²) < 4.78 is 88.0. The molecule has 0 unspecified atom stereocenters. The van der Waals surface area contributed by atoms with Gasteiger partial charge in [0, 0.05) is 19.4 Å². The van der Waals surface area contributed by atoms with Gasteiger partial charge in [0.05, 0.1) is 18.8 Å². The number of hydrogen-bond acceptors (Lipinski definition) is 6. The fourth-order valence-electron chi connectivity index (χ4n) is 10.4. The Morgan fingerprint density at radius 2 is 1.47 bits per heavy atom. The molecular formula is C42H63F5O5S. The van der Waals surface area contributed by atoms with E-state index in [1.165, 1.54) is 17.3 Å². The second-order valence-corrected chi connectivity index (χ2v) is 18.1. The van der Waals surface area contributed by atoms with Gasteiger partial charge in [-0.05, 0) is 141 Å². The number of alkyl halides is 5. The van der Waals surface area contributed by atoms with Crippen molar-refractivity contribution in [3.8, 4) is 5.75 Å². The zero-order valence-electron chi connectivity index (χ0n) is 31.7. The van der Waals surface area contributed by atoms with Gasteiger partial charge < -0.3 is 24.1 Å². The maximum Gasteiger partial charge on any atom is 0.453 e. The topological polar surface area (TPSA) is 57.2 Å². The average Bonchev–Trinajstić information content (AvgIpc) is 3.47. The quantitative estimate of drug-likeness (QED) is 0.118. The second-order valence-electron chi connectivity index (χ2n) is 16.8. The molecule has 4 fully saturated rings.